The van der Waals surface area contributed by atoms with Gasteiger partial charge in [0.25, 0.3) is 11.8 Å². The van der Waals surface area contributed by atoms with Gasteiger partial charge in [0.05, 0.1) is 0 Å². The van der Waals surface area contributed by atoms with E-state index < -0.39 is 0 Å². The minimum atomic E-state index is -0.166. The van der Waals surface area contributed by atoms with Gasteiger partial charge in [0.2, 0.25) is 0 Å². The molecule has 122 valence electrons. The first-order valence-corrected chi connectivity index (χ1v) is 8.16. The second kappa shape index (κ2) is 8.93. The molecule has 4 nitrogen and oxygen atoms in total. The Kier molecular flexibility index (Phi) is 6.60. The molecule has 4 heteroatoms. The van der Waals surface area contributed by atoms with Crippen molar-refractivity contribution in [2.24, 2.45) is 0 Å². The molecule has 0 atom stereocenters. The Morgan fingerprint density at radius 3 is 2.26 bits per heavy atom. The molecule has 1 aromatic rings. The molecule has 1 aliphatic rings. The number of hydrogen-bond donors (Lipinski definition) is 2. The van der Waals surface area contributed by atoms with Crippen LogP contribution in [-0.4, -0.2) is 24.9 Å². The summed E-state index contributed by atoms with van der Waals surface area (Å²) < 4.78 is 0. The Morgan fingerprint density at radius 1 is 1.04 bits per heavy atom. The van der Waals surface area contributed by atoms with Crippen molar-refractivity contribution < 1.29 is 9.59 Å². The predicted molar refractivity (Wildman–Crippen MR) is 92.5 cm³/mol. The van der Waals surface area contributed by atoms with Crippen molar-refractivity contribution in [1.29, 1.82) is 0 Å². The van der Waals surface area contributed by atoms with E-state index in [9.17, 15) is 9.59 Å². The van der Waals surface area contributed by atoms with Crippen molar-refractivity contribution in [3.05, 3.63) is 59.7 Å². The van der Waals surface area contributed by atoms with Crippen LogP contribution in [0.3, 0.4) is 0 Å². The third-order valence-corrected chi connectivity index (χ3v) is 3.93. The Hall–Kier alpha value is -2.36. The van der Waals surface area contributed by atoms with Gasteiger partial charge in [-0.1, -0.05) is 17.7 Å². The van der Waals surface area contributed by atoms with Gasteiger partial charge in [-0.05, 0) is 56.4 Å². The number of carbonyl (C=O) groups excluding carboxylic acids is 2. The number of allylic oxidation sites excluding steroid dienone is 1. The molecule has 1 aromatic carbocycles. The van der Waals surface area contributed by atoms with Crippen LogP contribution in [0, 0.1) is 0 Å². The number of rotatable bonds is 7. The third kappa shape index (κ3) is 5.40. The zero-order valence-corrected chi connectivity index (χ0v) is 13.4. The van der Waals surface area contributed by atoms with Crippen LogP contribution < -0.4 is 10.6 Å². The molecule has 0 saturated carbocycles. The fourth-order valence-corrected chi connectivity index (χ4v) is 2.61. The van der Waals surface area contributed by atoms with E-state index in [1.165, 1.54) is 24.8 Å². The quantitative estimate of drug-likeness (QED) is 0.760. The summed E-state index contributed by atoms with van der Waals surface area (Å²) in [6.45, 7) is 4.64. The van der Waals surface area contributed by atoms with Crippen molar-refractivity contribution >= 4 is 11.8 Å². The predicted octanol–water partition coefficient (Wildman–Crippen LogP) is 3.22. The lowest BCUT2D eigenvalue weighted by molar-refractivity contribution is 0.0944. The number of carbonyl (C=O) groups is 2. The molecule has 1 aliphatic carbocycles. The Labute approximate surface area is 137 Å². The minimum Gasteiger partial charge on any atom is -0.352 e. The summed E-state index contributed by atoms with van der Waals surface area (Å²) in [7, 11) is 0. The van der Waals surface area contributed by atoms with E-state index in [-0.39, 0.29) is 11.8 Å². The zero-order chi connectivity index (χ0) is 16.5. The molecule has 23 heavy (non-hydrogen) atoms. The maximum Gasteiger partial charge on any atom is 0.251 e. The van der Waals surface area contributed by atoms with Gasteiger partial charge in [0.1, 0.15) is 0 Å². The van der Waals surface area contributed by atoms with E-state index in [2.05, 4.69) is 23.3 Å². The van der Waals surface area contributed by atoms with E-state index in [0.717, 1.165) is 12.8 Å². The van der Waals surface area contributed by atoms with Crippen LogP contribution in [0.1, 0.15) is 52.8 Å². The standard InChI is InChI=1S/C19H24N2O2/c1-2-13-20-18(22)16-8-10-17(11-9-16)19(23)21-14-12-15-6-4-3-5-7-15/h2,6,8-11H,1,3-5,7,12-14H2,(H,20,22)(H,21,23). The number of benzene rings is 1. The molecule has 0 aromatic heterocycles. The molecule has 2 N–H and O–H groups in total. The van der Waals surface area contributed by atoms with Gasteiger partial charge in [-0.25, -0.2) is 0 Å². The van der Waals surface area contributed by atoms with Gasteiger partial charge in [-0.2, -0.15) is 0 Å². The summed E-state index contributed by atoms with van der Waals surface area (Å²) in [5.41, 5.74) is 2.56. The van der Waals surface area contributed by atoms with Crippen molar-refractivity contribution in [2.45, 2.75) is 32.1 Å². The average Bonchev–Trinajstić information content (AvgIpc) is 2.60. The van der Waals surface area contributed by atoms with Gasteiger partial charge in [-0.3, -0.25) is 9.59 Å². The minimum absolute atomic E-state index is 0.0977. The highest BCUT2D eigenvalue weighted by molar-refractivity contribution is 5.97. The molecule has 0 heterocycles. The van der Waals surface area contributed by atoms with Crippen LogP contribution in [0.4, 0.5) is 0 Å². The second-order valence-electron chi connectivity index (χ2n) is 5.69. The van der Waals surface area contributed by atoms with Crippen LogP contribution in [0.15, 0.2) is 48.6 Å². The van der Waals surface area contributed by atoms with E-state index in [1.807, 2.05) is 0 Å². The first kappa shape index (κ1) is 17.0. The summed E-state index contributed by atoms with van der Waals surface area (Å²) in [6, 6.07) is 6.68. The zero-order valence-electron chi connectivity index (χ0n) is 13.4. The van der Waals surface area contributed by atoms with Gasteiger partial charge in [0.15, 0.2) is 0 Å². The monoisotopic (exact) mass is 312 g/mol. The van der Waals surface area contributed by atoms with E-state index in [4.69, 9.17) is 0 Å². The Bertz CT molecular complexity index is 588. The molecular weight excluding hydrogens is 288 g/mol. The molecular formula is C19H24N2O2. The highest BCUT2D eigenvalue weighted by atomic mass is 16.2. The molecule has 0 bridgehead atoms. The first-order valence-electron chi connectivity index (χ1n) is 8.16. The summed E-state index contributed by atoms with van der Waals surface area (Å²) in [4.78, 5) is 23.9. The number of hydrogen-bond acceptors (Lipinski definition) is 2. The lowest BCUT2D eigenvalue weighted by atomic mass is 9.97. The van der Waals surface area contributed by atoms with Crippen molar-refractivity contribution in [2.75, 3.05) is 13.1 Å². The van der Waals surface area contributed by atoms with Crippen molar-refractivity contribution in [3.8, 4) is 0 Å². The van der Waals surface area contributed by atoms with Crippen LogP contribution in [-0.2, 0) is 0 Å². The number of nitrogens with one attached hydrogen (secondary N) is 2. The summed E-state index contributed by atoms with van der Waals surface area (Å²) >= 11 is 0. The largest absolute Gasteiger partial charge is 0.352 e. The van der Waals surface area contributed by atoms with Gasteiger partial charge >= 0.3 is 0 Å². The summed E-state index contributed by atoms with van der Waals surface area (Å²) in [6.07, 6.45) is 9.71. The first-order chi connectivity index (χ1) is 11.2. The molecule has 0 aliphatic heterocycles. The molecule has 0 spiro atoms. The van der Waals surface area contributed by atoms with E-state index >= 15 is 0 Å². The Balaban J connectivity index is 1.81. The smallest absolute Gasteiger partial charge is 0.251 e. The normalized spacial score (nSPS) is 13.8. The molecule has 0 saturated heterocycles. The van der Waals surface area contributed by atoms with Crippen LogP contribution in [0.25, 0.3) is 0 Å². The van der Waals surface area contributed by atoms with E-state index in [0.29, 0.717) is 24.2 Å². The van der Waals surface area contributed by atoms with Gasteiger partial charge < -0.3 is 10.6 Å². The van der Waals surface area contributed by atoms with Crippen molar-refractivity contribution in [1.82, 2.24) is 10.6 Å². The van der Waals surface area contributed by atoms with Crippen LogP contribution in [0.2, 0.25) is 0 Å². The molecule has 0 unspecified atom stereocenters. The fourth-order valence-electron chi connectivity index (χ4n) is 2.61. The number of amides is 2. The van der Waals surface area contributed by atoms with Crippen LogP contribution in [0.5, 0.6) is 0 Å². The molecule has 0 radical (unpaired) electrons. The molecule has 2 rings (SSSR count). The highest BCUT2D eigenvalue weighted by Crippen LogP contribution is 2.19. The average molecular weight is 312 g/mol. The Morgan fingerprint density at radius 2 is 1.70 bits per heavy atom. The lowest BCUT2D eigenvalue weighted by Crippen LogP contribution is -2.25. The lowest BCUT2D eigenvalue weighted by Gasteiger charge is -2.13. The third-order valence-electron chi connectivity index (χ3n) is 3.93. The SMILES string of the molecule is C=CCNC(=O)c1ccc(C(=O)NCCC2=CCCCC2)cc1. The van der Waals surface area contributed by atoms with Crippen LogP contribution >= 0.6 is 0 Å². The van der Waals surface area contributed by atoms with E-state index in [1.54, 1.807) is 30.3 Å². The maximum atomic E-state index is 12.1. The summed E-state index contributed by atoms with van der Waals surface area (Å²) in [5.74, 6) is -0.263. The maximum absolute atomic E-state index is 12.1. The second-order valence-corrected chi connectivity index (χ2v) is 5.69. The summed E-state index contributed by atoms with van der Waals surface area (Å²) in [5, 5.41) is 5.64. The van der Waals surface area contributed by atoms with Crippen molar-refractivity contribution in [3.63, 3.8) is 0 Å². The highest BCUT2D eigenvalue weighted by Gasteiger charge is 2.09. The van der Waals surface area contributed by atoms with Gasteiger partial charge in [0, 0.05) is 24.2 Å². The fraction of sp³-hybridized carbons (Fsp3) is 0.368. The topological polar surface area (TPSA) is 58.2 Å². The molecule has 0 fully saturated rings. The molecule has 2 amide bonds. The van der Waals surface area contributed by atoms with Gasteiger partial charge in [-0.15, -0.1) is 6.58 Å².